The topological polar surface area (TPSA) is 205 Å². The van der Waals surface area contributed by atoms with Gasteiger partial charge in [0.15, 0.2) is 17.7 Å². The highest BCUT2D eigenvalue weighted by molar-refractivity contribution is 5.82. The standard InChI is InChI=1S/C17H25N9O5/c18-13-10-14(26(7-19-10)15-12(29)11(28)9(6-27)31-15)22-16(21-13)23-25-24-17(30)20-8-4-2-1-3-5-8/h7-9,11-12,15,27-29H,1-6H2,(H4,18,20,21,22,23,24,30)/t9-,11-,12-,15-/m1/s1. The Labute approximate surface area is 176 Å². The molecule has 2 amide bonds. The van der Waals surface area contributed by atoms with Crippen LogP contribution in [0.3, 0.4) is 0 Å². The van der Waals surface area contributed by atoms with Crippen LogP contribution in [0.2, 0.25) is 0 Å². The van der Waals surface area contributed by atoms with Gasteiger partial charge in [0.05, 0.1) is 12.9 Å². The van der Waals surface area contributed by atoms with E-state index in [0.29, 0.717) is 0 Å². The average Bonchev–Trinajstić information content (AvgIpc) is 3.30. The van der Waals surface area contributed by atoms with Gasteiger partial charge >= 0.3 is 6.03 Å². The number of hydrogen-bond acceptors (Lipinski definition) is 11. The van der Waals surface area contributed by atoms with E-state index >= 15 is 0 Å². The summed E-state index contributed by atoms with van der Waals surface area (Å²) in [5.74, 6) is -0.132. The Morgan fingerprint density at radius 1 is 1.26 bits per heavy atom. The molecule has 2 aliphatic rings. The first-order chi connectivity index (χ1) is 15.0. The van der Waals surface area contributed by atoms with E-state index < -0.39 is 37.2 Å². The van der Waals surface area contributed by atoms with Crippen LogP contribution in [0, 0.1) is 0 Å². The van der Waals surface area contributed by atoms with Gasteiger partial charge in [-0.3, -0.25) is 4.57 Å². The summed E-state index contributed by atoms with van der Waals surface area (Å²) in [4.78, 5) is 24.3. The molecule has 31 heavy (non-hydrogen) atoms. The summed E-state index contributed by atoms with van der Waals surface area (Å²) in [6.45, 7) is -0.466. The van der Waals surface area contributed by atoms with Crippen LogP contribution in [-0.2, 0) is 4.74 Å². The Bertz CT molecular complexity index is 961. The van der Waals surface area contributed by atoms with Gasteiger partial charge in [-0.1, -0.05) is 29.6 Å². The lowest BCUT2D eigenvalue weighted by Crippen LogP contribution is -2.40. The minimum atomic E-state index is -1.32. The van der Waals surface area contributed by atoms with Crippen LogP contribution in [0.4, 0.5) is 16.6 Å². The highest BCUT2D eigenvalue weighted by atomic mass is 16.6. The van der Waals surface area contributed by atoms with Crippen molar-refractivity contribution < 1.29 is 24.9 Å². The molecule has 168 valence electrons. The van der Waals surface area contributed by atoms with Crippen molar-refractivity contribution in [3.8, 4) is 0 Å². The smallest absolute Gasteiger partial charge is 0.336 e. The first kappa shape index (κ1) is 21.3. The molecule has 14 nitrogen and oxygen atoms in total. The van der Waals surface area contributed by atoms with Crippen LogP contribution in [0.5, 0.6) is 0 Å². The highest BCUT2D eigenvalue weighted by Gasteiger charge is 2.44. The van der Waals surface area contributed by atoms with Crippen molar-refractivity contribution in [2.75, 3.05) is 12.3 Å². The van der Waals surface area contributed by atoms with Crippen molar-refractivity contribution in [1.29, 1.82) is 0 Å². The number of urea groups is 1. The normalized spacial score (nSPS) is 27.2. The van der Waals surface area contributed by atoms with E-state index in [1.54, 1.807) is 0 Å². The third-order valence-electron chi connectivity index (χ3n) is 5.46. The van der Waals surface area contributed by atoms with Crippen molar-refractivity contribution in [3.63, 3.8) is 0 Å². The number of nitrogen functional groups attached to an aromatic ring is 1. The van der Waals surface area contributed by atoms with E-state index in [9.17, 15) is 20.1 Å². The Morgan fingerprint density at radius 2 is 2.03 bits per heavy atom. The molecule has 1 saturated carbocycles. The molecule has 2 aromatic heterocycles. The summed E-state index contributed by atoms with van der Waals surface area (Å²) in [5, 5.41) is 39.8. The summed E-state index contributed by atoms with van der Waals surface area (Å²) in [5.41, 5.74) is 8.61. The van der Waals surface area contributed by atoms with Crippen LogP contribution in [0.1, 0.15) is 38.3 Å². The molecule has 3 heterocycles. The number of nitrogens with one attached hydrogen (secondary N) is 2. The molecule has 4 rings (SSSR count). The molecule has 0 unspecified atom stereocenters. The third kappa shape index (κ3) is 4.41. The van der Waals surface area contributed by atoms with Crippen molar-refractivity contribution >= 4 is 29.0 Å². The number of nitrogens with two attached hydrogens (primary N) is 1. The minimum Gasteiger partial charge on any atom is -0.394 e. The Balaban J connectivity index is 1.48. The van der Waals surface area contributed by atoms with E-state index in [-0.39, 0.29) is 29.0 Å². The fourth-order valence-electron chi connectivity index (χ4n) is 3.85. The fourth-order valence-corrected chi connectivity index (χ4v) is 3.85. The van der Waals surface area contributed by atoms with Crippen LogP contribution in [0.15, 0.2) is 16.7 Å². The molecular formula is C17H25N9O5. The van der Waals surface area contributed by atoms with E-state index in [2.05, 4.69) is 36.0 Å². The SMILES string of the molecule is Nc1nc(N=NNC(=O)NC2CCCCC2)nc2c1ncn2[C@@H]1O[C@H](CO)[C@@H](O)[C@H]1O. The van der Waals surface area contributed by atoms with Gasteiger partial charge < -0.3 is 31.1 Å². The number of rotatable bonds is 5. The first-order valence-corrected chi connectivity index (χ1v) is 10.1. The number of anilines is 1. The number of carbonyl (C=O) groups excluding carboxylic acids is 1. The number of hydrogen-bond donors (Lipinski definition) is 6. The van der Waals surface area contributed by atoms with Crippen molar-refractivity contribution in [1.82, 2.24) is 30.3 Å². The summed E-state index contributed by atoms with van der Waals surface area (Å²) >= 11 is 0. The largest absolute Gasteiger partial charge is 0.394 e. The van der Waals surface area contributed by atoms with Crippen molar-refractivity contribution in [2.24, 2.45) is 10.3 Å². The monoisotopic (exact) mass is 435 g/mol. The lowest BCUT2D eigenvalue weighted by molar-refractivity contribution is -0.0511. The second kappa shape index (κ2) is 9.05. The number of fused-ring (bicyclic) bond motifs is 1. The molecule has 0 aromatic carbocycles. The molecule has 1 saturated heterocycles. The molecule has 1 aliphatic carbocycles. The lowest BCUT2D eigenvalue weighted by atomic mass is 9.96. The zero-order valence-electron chi connectivity index (χ0n) is 16.6. The summed E-state index contributed by atoms with van der Waals surface area (Å²) in [6, 6.07) is -0.348. The number of aliphatic hydroxyl groups is 3. The molecule has 14 heteroatoms. The predicted molar refractivity (Wildman–Crippen MR) is 106 cm³/mol. The molecule has 0 bridgehead atoms. The first-order valence-electron chi connectivity index (χ1n) is 10.1. The van der Waals surface area contributed by atoms with Gasteiger partial charge in [0.2, 0.25) is 0 Å². The molecule has 4 atom stereocenters. The van der Waals surface area contributed by atoms with E-state index in [1.807, 2.05) is 0 Å². The molecule has 2 fully saturated rings. The number of aromatic nitrogens is 4. The summed E-state index contributed by atoms with van der Waals surface area (Å²) in [6.07, 6.45) is 1.95. The van der Waals surface area contributed by atoms with Crippen LogP contribution in [-0.4, -0.2) is 71.8 Å². The number of ether oxygens (including phenoxy) is 1. The predicted octanol–water partition coefficient (Wildman–Crippen LogP) is -0.349. The minimum absolute atomic E-state index is 0.0103. The number of imidazole rings is 1. The van der Waals surface area contributed by atoms with Gasteiger partial charge in [-0.15, -0.1) is 0 Å². The fraction of sp³-hybridized carbons (Fsp3) is 0.647. The average molecular weight is 435 g/mol. The van der Waals surface area contributed by atoms with Crippen LogP contribution >= 0.6 is 0 Å². The Morgan fingerprint density at radius 3 is 2.74 bits per heavy atom. The maximum Gasteiger partial charge on any atom is 0.336 e. The van der Waals surface area contributed by atoms with Crippen LogP contribution in [0.25, 0.3) is 11.2 Å². The van der Waals surface area contributed by atoms with Crippen molar-refractivity contribution in [3.05, 3.63) is 6.33 Å². The van der Waals surface area contributed by atoms with E-state index in [0.717, 1.165) is 25.7 Å². The Kier molecular flexibility index (Phi) is 6.22. The van der Waals surface area contributed by atoms with Gasteiger partial charge in [0, 0.05) is 6.04 Å². The van der Waals surface area contributed by atoms with Gasteiger partial charge in [-0.25, -0.2) is 15.2 Å². The molecular weight excluding hydrogens is 410 g/mol. The van der Waals surface area contributed by atoms with E-state index in [4.69, 9.17) is 10.5 Å². The van der Waals surface area contributed by atoms with Crippen LogP contribution < -0.4 is 16.5 Å². The van der Waals surface area contributed by atoms with E-state index in [1.165, 1.54) is 17.3 Å². The maximum atomic E-state index is 11.9. The summed E-state index contributed by atoms with van der Waals surface area (Å²) in [7, 11) is 0. The van der Waals surface area contributed by atoms with Gasteiger partial charge in [-0.2, -0.15) is 9.97 Å². The van der Waals surface area contributed by atoms with Gasteiger partial charge in [-0.05, 0) is 12.8 Å². The molecule has 1 aliphatic heterocycles. The molecule has 7 N–H and O–H groups in total. The lowest BCUT2D eigenvalue weighted by Gasteiger charge is -2.21. The highest BCUT2D eigenvalue weighted by Crippen LogP contribution is 2.32. The van der Waals surface area contributed by atoms with Gasteiger partial charge in [0.1, 0.15) is 23.8 Å². The quantitative estimate of drug-likeness (QED) is 0.268. The maximum absolute atomic E-state index is 11.9. The summed E-state index contributed by atoms with van der Waals surface area (Å²) < 4.78 is 6.86. The zero-order chi connectivity index (χ0) is 22.0. The number of nitrogens with zero attached hydrogens (tertiary/aromatic N) is 6. The molecule has 0 radical (unpaired) electrons. The number of aliphatic hydroxyl groups excluding tert-OH is 3. The van der Waals surface area contributed by atoms with Crippen molar-refractivity contribution in [2.45, 2.75) is 62.7 Å². The number of amides is 2. The third-order valence-corrected chi connectivity index (χ3v) is 5.46. The zero-order valence-corrected chi connectivity index (χ0v) is 16.6. The molecule has 0 spiro atoms. The number of carbonyl (C=O) groups is 1. The second-order valence-corrected chi connectivity index (χ2v) is 7.58. The Hall–Kier alpha value is -2.94. The van der Waals surface area contributed by atoms with Gasteiger partial charge in [0.25, 0.3) is 5.95 Å². The second-order valence-electron chi connectivity index (χ2n) is 7.58. The molecule has 2 aromatic rings.